The van der Waals surface area contributed by atoms with Crippen LogP contribution in [0.5, 0.6) is 0 Å². The maximum absolute atomic E-state index is 6.21. The van der Waals surface area contributed by atoms with Gasteiger partial charge in [-0.3, -0.25) is 0 Å². The smallest absolute Gasteiger partial charge is 0.162 e. The molecule has 0 aliphatic heterocycles. The monoisotopic (exact) mass is 337 g/mol. The van der Waals surface area contributed by atoms with Gasteiger partial charge in [0.05, 0.1) is 10.5 Å². The first-order valence-corrected chi connectivity index (χ1v) is 7.28. The number of aromatic nitrogens is 2. The van der Waals surface area contributed by atoms with Crippen LogP contribution < -0.4 is 5.73 Å². The van der Waals surface area contributed by atoms with Crippen LogP contribution in [0.25, 0.3) is 22.3 Å². The third-order valence-corrected chi connectivity index (χ3v) is 4.17. The van der Waals surface area contributed by atoms with Crippen molar-refractivity contribution in [2.45, 2.75) is 6.92 Å². The molecule has 21 heavy (non-hydrogen) atoms. The van der Waals surface area contributed by atoms with Crippen LogP contribution >= 0.6 is 34.8 Å². The van der Waals surface area contributed by atoms with Crippen molar-refractivity contribution in [3.63, 3.8) is 0 Å². The SMILES string of the molecule is Cc1c(Cl)cccc1-c1nc(N)c2cc(Cl)cc(Cl)c2n1. The molecule has 0 atom stereocenters. The van der Waals surface area contributed by atoms with Crippen LogP contribution in [-0.2, 0) is 0 Å². The van der Waals surface area contributed by atoms with Gasteiger partial charge in [-0.15, -0.1) is 0 Å². The summed E-state index contributed by atoms with van der Waals surface area (Å²) in [5.74, 6) is 0.822. The molecule has 0 saturated carbocycles. The van der Waals surface area contributed by atoms with Crippen molar-refractivity contribution in [3.05, 3.63) is 51.0 Å². The van der Waals surface area contributed by atoms with Gasteiger partial charge in [0.15, 0.2) is 5.82 Å². The fourth-order valence-electron chi connectivity index (χ4n) is 2.15. The highest BCUT2D eigenvalue weighted by Crippen LogP contribution is 2.33. The largest absolute Gasteiger partial charge is 0.383 e. The molecular formula is C15H10Cl3N3. The van der Waals surface area contributed by atoms with Crippen LogP contribution in [0.2, 0.25) is 15.1 Å². The van der Waals surface area contributed by atoms with E-state index in [1.807, 2.05) is 25.1 Å². The number of nitrogens with zero attached hydrogens (tertiary/aromatic N) is 2. The molecule has 0 amide bonds. The van der Waals surface area contributed by atoms with Crippen molar-refractivity contribution < 1.29 is 0 Å². The Morgan fingerprint density at radius 1 is 1.00 bits per heavy atom. The predicted molar refractivity (Wildman–Crippen MR) is 89.2 cm³/mol. The van der Waals surface area contributed by atoms with Gasteiger partial charge in [0.1, 0.15) is 5.82 Å². The Morgan fingerprint density at radius 2 is 1.76 bits per heavy atom. The number of anilines is 1. The minimum Gasteiger partial charge on any atom is -0.383 e. The van der Waals surface area contributed by atoms with Crippen molar-refractivity contribution in [1.82, 2.24) is 9.97 Å². The highest BCUT2D eigenvalue weighted by atomic mass is 35.5. The molecule has 0 unspecified atom stereocenters. The molecule has 1 heterocycles. The quantitative estimate of drug-likeness (QED) is 0.667. The van der Waals surface area contributed by atoms with Gasteiger partial charge in [0.2, 0.25) is 0 Å². The van der Waals surface area contributed by atoms with Gasteiger partial charge >= 0.3 is 0 Å². The maximum Gasteiger partial charge on any atom is 0.162 e. The first-order valence-electron chi connectivity index (χ1n) is 6.15. The molecule has 2 aromatic carbocycles. The second-order valence-corrected chi connectivity index (χ2v) is 5.88. The van der Waals surface area contributed by atoms with Gasteiger partial charge in [0.25, 0.3) is 0 Å². The van der Waals surface area contributed by atoms with Crippen molar-refractivity contribution in [3.8, 4) is 11.4 Å². The number of fused-ring (bicyclic) bond motifs is 1. The average molecular weight is 339 g/mol. The third kappa shape index (κ3) is 2.53. The van der Waals surface area contributed by atoms with Crippen molar-refractivity contribution >= 4 is 51.5 Å². The molecule has 6 heteroatoms. The summed E-state index contributed by atoms with van der Waals surface area (Å²) < 4.78 is 0. The summed E-state index contributed by atoms with van der Waals surface area (Å²) in [6.07, 6.45) is 0. The minimum absolute atomic E-state index is 0.332. The Balaban J connectivity index is 2.33. The van der Waals surface area contributed by atoms with Gasteiger partial charge in [0, 0.05) is 21.0 Å². The number of nitrogen functional groups attached to an aromatic ring is 1. The highest BCUT2D eigenvalue weighted by Gasteiger charge is 2.13. The first-order chi connectivity index (χ1) is 9.97. The lowest BCUT2D eigenvalue weighted by atomic mass is 10.1. The van der Waals surface area contributed by atoms with Crippen LogP contribution in [0.1, 0.15) is 5.56 Å². The van der Waals surface area contributed by atoms with E-state index in [1.165, 1.54) is 0 Å². The van der Waals surface area contributed by atoms with E-state index in [2.05, 4.69) is 9.97 Å². The summed E-state index contributed by atoms with van der Waals surface area (Å²) in [4.78, 5) is 8.86. The summed E-state index contributed by atoms with van der Waals surface area (Å²) in [5.41, 5.74) is 8.30. The first kappa shape index (κ1) is 14.4. The van der Waals surface area contributed by atoms with E-state index in [-0.39, 0.29) is 0 Å². The van der Waals surface area contributed by atoms with Gasteiger partial charge in [-0.2, -0.15) is 0 Å². The predicted octanol–water partition coefficient (Wildman–Crippen LogP) is 5.15. The van der Waals surface area contributed by atoms with Gasteiger partial charge < -0.3 is 5.73 Å². The fraction of sp³-hybridized carbons (Fsp3) is 0.0667. The summed E-state index contributed by atoms with van der Waals surface area (Å²) in [6, 6.07) is 8.89. The van der Waals surface area contributed by atoms with Crippen LogP contribution in [-0.4, -0.2) is 9.97 Å². The molecule has 0 bridgehead atoms. The van der Waals surface area contributed by atoms with Crippen LogP contribution in [0.4, 0.5) is 5.82 Å². The van der Waals surface area contributed by atoms with E-state index in [9.17, 15) is 0 Å². The highest BCUT2D eigenvalue weighted by molar-refractivity contribution is 6.38. The molecule has 0 saturated heterocycles. The topological polar surface area (TPSA) is 51.8 Å². The van der Waals surface area contributed by atoms with E-state index in [1.54, 1.807) is 12.1 Å². The zero-order chi connectivity index (χ0) is 15.1. The Hall–Kier alpha value is -1.55. The lowest BCUT2D eigenvalue weighted by molar-refractivity contribution is 1.22. The zero-order valence-electron chi connectivity index (χ0n) is 11.0. The Kier molecular flexibility index (Phi) is 3.66. The molecule has 0 radical (unpaired) electrons. The van der Waals surface area contributed by atoms with E-state index in [0.717, 1.165) is 11.1 Å². The van der Waals surface area contributed by atoms with Crippen LogP contribution in [0.3, 0.4) is 0 Å². The number of hydrogen-bond acceptors (Lipinski definition) is 3. The number of benzene rings is 2. The minimum atomic E-state index is 0.332. The van der Waals surface area contributed by atoms with E-state index < -0.39 is 0 Å². The van der Waals surface area contributed by atoms with Gasteiger partial charge in [-0.05, 0) is 30.7 Å². The van der Waals surface area contributed by atoms with Crippen LogP contribution in [0, 0.1) is 6.92 Å². The number of hydrogen-bond donors (Lipinski definition) is 1. The van der Waals surface area contributed by atoms with Crippen LogP contribution in [0.15, 0.2) is 30.3 Å². The average Bonchev–Trinajstić information content (AvgIpc) is 2.43. The normalized spacial score (nSPS) is 11.0. The summed E-state index contributed by atoms with van der Waals surface area (Å²) in [6.45, 7) is 1.91. The summed E-state index contributed by atoms with van der Waals surface area (Å²) >= 11 is 18.3. The molecule has 3 nitrogen and oxygen atoms in total. The number of nitrogens with two attached hydrogens (primary N) is 1. The lowest BCUT2D eigenvalue weighted by Crippen LogP contribution is -1.99. The molecule has 0 aliphatic carbocycles. The molecule has 2 N–H and O–H groups in total. The molecule has 106 valence electrons. The van der Waals surface area contributed by atoms with Crippen molar-refractivity contribution in [1.29, 1.82) is 0 Å². The third-order valence-electron chi connectivity index (χ3n) is 3.26. The number of rotatable bonds is 1. The van der Waals surface area contributed by atoms with Gasteiger partial charge in [-0.1, -0.05) is 46.9 Å². The Labute approximate surface area is 136 Å². The van der Waals surface area contributed by atoms with E-state index in [0.29, 0.717) is 37.6 Å². The van der Waals surface area contributed by atoms with E-state index in [4.69, 9.17) is 40.5 Å². The molecule has 3 aromatic rings. The molecular weight excluding hydrogens is 329 g/mol. The molecule has 0 aliphatic rings. The Morgan fingerprint density at radius 3 is 2.52 bits per heavy atom. The maximum atomic E-state index is 6.21. The standard InChI is InChI=1S/C15H10Cl3N3/c1-7-9(3-2-4-11(7)17)15-20-13-10(14(19)21-15)5-8(16)6-12(13)18/h2-6H,1H3,(H2,19,20,21). The van der Waals surface area contributed by atoms with E-state index >= 15 is 0 Å². The zero-order valence-corrected chi connectivity index (χ0v) is 13.3. The second-order valence-electron chi connectivity index (χ2n) is 4.63. The molecule has 1 aromatic heterocycles. The van der Waals surface area contributed by atoms with Crippen molar-refractivity contribution in [2.24, 2.45) is 0 Å². The van der Waals surface area contributed by atoms with Crippen molar-refractivity contribution in [2.75, 3.05) is 5.73 Å². The fourth-order valence-corrected chi connectivity index (χ4v) is 2.86. The summed E-state index contributed by atoms with van der Waals surface area (Å²) in [5, 5.41) is 2.22. The second kappa shape index (κ2) is 5.34. The molecule has 0 fully saturated rings. The lowest BCUT2D eigenvalue weighted by Gasteiger charge is -2.10. The molecule has 0 spiro atoms. The summed E-state index contributed by atoms with van der Waals surface area (Å²) in [7, 11) is 0. The Bertz CT molecular complexity index is 862. The number of halogens is 3. The molecule has 3 rings (SSSR count). The van der Waals surface area contributed by atoms with Gasteiger partial charge in [-0.25, -0.2) is 9.97 Å².